The minimum Gasteiger partial charge on any atom is -0.239 e. The molecule has 0 N–H and O–H groups in total. The first-order chi connectivity index (χ1) is 56.5. The molecule has 0 saturated carbocycles. The van der Waals surface area contributed by atoms with E-state index < -0.39 is 0 Å². The number of hydrogen-bond donors (Lipinski definition) is 0. The van der Waals surface area contributed by atoms with Crippen LogP contribution in [-0.4, -0.2) is 29.9 Å². The van der Waals surface area contributed by atoms with Gasteiger partial charge in [-0.15, -0.1) is 0 Å². The SMILES string of the molecule is Cc1cc(C)cc(-c2cc(C)nc(C)n2)c1.Cc1cc(C)nc(-c2nc(C)cc(C)n2)n1.Cc1ccc(-c2cc(-c3ccc(C)cc3)cc(-c3cc(C)cc(C)c3)c2)cc1.Cc1ccc2c(c1)-c1cc(C)ccc1C21c2cc(C)ccc2-c2ccc(C)cc21.Cc1ccc2c(c1)C1(c3cc(C)ccc3-2)c2cc(C)ccc2-c2ccc(C)cc21. The zero-order valence-electron chi connectivity index (χ0n) is 72.1. The summed E-state index contributed by atoms with van der Waals surface area (Å²) >= 11 is 0. The minimum atomic E-state index is -0.217. The smallest absolute Gasteiger partial charge is 0.198 e. The second-order valence-corrected chi connectivity index (χ2v) is 34.1. The van der Waals surface area contributed by atoms with Gasteiger partial charge in [0, 0.05) is 34.0 Å². The molecule has 16 aromatic rings. The molecule has 0 radical (unpaired) electrons. The summed E-state index contributed by atoms with van der Waals surface area (Å²) in [5.74, 6) is 2.03. The van der Waals surface area contributed by atoms with Gasteiger partial charge >= 0.3 is 0 Å². The van der Waals surface area contributed by atoms with E-state index in [-0.39, 0.29) is 10.8 Å². The maximum atomic E-state index is 4.48. The molecular formula is C112H104N6. The van der Waals surface area contributed by atoms with Crippen molar-refractivity contribution in [2.24, 2.45) is 0 Å². The highest BCUT2D eigenvalue weighted by Crippen LogP contribution is 2.65. The van der Waals surface area contributed by atoms with E-state index in [4.69, 9.17) is 0 Å². The quantitative estimate of drug-likeness (QED) is 0.171. The van der Waals surface area contributed by atoms with Crippen LogP contribution in [0.25, 0.3) is 101 Å². The van der Waals surface area contributed by atoms with Crippen LogP contribution in [-0.2, 0) is 10.8 Å². The molecule has 2 spiro atoms. The first-order valence-electron chi connectivity index (χ1n) is 41.4. The minimum absolute atomic E-state index is 0.214. The number of aromatic nitrogens is 6. The summed E-state index contributed by atoms with van der Waals surface area (Å²) in [5.41, 5.74) is 54.9. The van der Waals surface area contributed by atoms with Crippen LogP contribution in [0.2, 0.25) is 0 Å². The van der Waals surface area contributed by atoms with Crippen molar-refractivity contribution in [2.75, 3.05) is 0 Å². The maximum absolute atomic E-state index is 4.48. The van der Waals surface area contributed by atoms with Crippen LogP contribution in [0, 0.1) is 138 Å². The molecule has 13 aromatic carbocycles. The highest BCUT2D eigenvalue weighted by atomic mass is 15.0. The van der Waals surface area contributed by atoms with Crippen molar-refractivity contribution in [2.45, 2.75) is 149 Å². The average Bonchev–Trinajstić information content (AvgIpc) is 1.51. The molecule has 3 heterocycles. The fourth-order valence-corrected chi connectivity index (χ4v) is 18.8. The zero-order chi connectivity index (χ0) is 82.9. The van der Waals surface area contributed by atoms with Crippen molar-refractivity contribution in [1.29, 1.82) is 0 Å². The second-order valence-electron chi connectivity index (χ2n) is 34.1. The van der Waals surface area contributed by atoms with Gasteiger partial charge < -0.3 is 0 Å². The number of nitrogens with zero attached hydrogens (tertiary/aromatic N) is 6. The monoisotopic (exact) mass is 1530 g/mol. The summed E-state index contributed by atoms with van der Waals surface area (Å²) in [5, 5.41) is 0. The van der Waals surface area contributed by atoms with Gasteiger partial charge in [-0.2, -0.15) is 0 Å². The van der Waals surface area contributed by atoms with E-state index >= 15 is 0 Å². The molecule has 4 aliphatic carbocycles. The van der Waals surface area contributed by atoms with E-state index in [2.05, 4.69) is 376 Å². The molecule has 20 rings (SSSR count). The Morgan fingerprint density at radius 1 is 0.153 bits per heavy atom. The highest BCUT2D eigenvalue weighted by Gasteiger charge is 2.53. The van der Waals surface area contributed by atoms with Crippen LogP contribution in [0.1, 0.15) is 157 Å². The summed E-state index contributed by atoms with van der Waals surface area (Å²) in [6.45, 7) is 42.2. The predicted molar refractivity (Wildman–Crippen MR) is 493 cm³/mol. The molecule has 6 heteroatoms. The lowest BCUT2D eigenvalue weighted by Gasteiger charge is -2.31. The lowest BCUT2D eigenvalue weighted by Crippen LogP contribution is -2.26. The number of hydrogen-bond acceptors (Lipinski definition) is 6. The van der Waals surface area contributed by atoms with Gasteiger partial charge in [-0.25, -0.2) is 29.9 Å². The Morgan fingerprint density at radius 3 is 0.703 bits per heavy atom. The summed E-state index contributed by atoms with van der Waals surface area (Å²) in [6, 6.07) is 99.8. The van der Waals surface area contributed by atoms with E-state index in [1.54, 1.807) is 0 Å². The van der Waals surface area contributed by atoms with Crippen molar-refractivity contribution in [3.8, 4) is 101 Å². The average molecular weight is 1530 g/mol. The van der Waals surface area contributed by atoms with Crippen LogP contribution in [0.15, 0.2) is 267 Å². The van der Waals surface area contributed by atoms with Gasteiger partial charge in [-0.1, -0.05) is 296 Å². The molecule has 0 bridgehead atoms. The first-order valence-corrected chi connectivity index (χ1v) is 41.4. The van der Waals surface area contributed by atoms with Crippen molar-refractivity contribution in [3.63, 3.8) is 0 Å². The van der Waals surface area contributed by atoms with E-state index in [0.717, 1.165) is 40.0 Å². The van der Waals surface area contributed by atoms with Crippen LogP contribution in [0.3, 0.4) is 0 Å². The van der Waals surface area contributed by atoms with Gasteiger partial charge in [-0.3, -0.25) is 0 Å². The Morgan fingerprint density at radius 2 is 0.398 bits per heavy atom. The van der Waals surface area contributed by atoms with Gasteiger partial charge in [0.2, 0.25) is 0 Å². The first kappa shape index (κ1) is 79.0. The molecule has 0 amide bonds. The summed E-state index contributed by atoms with van der Waals surface area (Å²) in [4.78, 5) is 26.2. The highest BCUT2D eigenvalue weighted by molar-refractivity contribution is 5.98. The van der Waals surface area contributed by atoms with Gasteiger partial charge in [-0.05, 0) is 309 Å². The van der Waals surface area contributed by atoms with Crippen LogP contribution < -0.4 is 0 Å². The van der Waals surface area contributed by atoms with Crippen LogP contribution in [0.5, 0.6) is 0 Å². The molecule has 0 saturated heterocycles. The Kier molecular flexibility index (Phi) is 21.2. The fraction of sp³-hybridized carbons (Fsp3) is 0.196. The van der Waals surface area contributed by atoms with Crippen LogP contribution in [0.4, 0.5) is 0 Å². The molecule has 582 valence electrons. The molecule has 118 heavy (non-hydrogen) atoms. The Bertz CT molecular complexity index is 5990. The number of aryl methyl sites for hydroxylation is 20. The fourth-order valence-electron chi connectivity index (χ4n) is 18.8. The predicted octanol–water partition coefficient (Wildman–Crippen LogP) is 28.0. The van der Waals surface area contributed by atoms with Gasteiger partial charge in [0.25, 0.3) is 0 Å². The molecule has 0 unspecified atom stereocenters. The third-order valence-electron chi connectivity index (χ3n) is 23.7. The molecule has 6 nitrogen and oxygen atoms in total. The Hall–Kier alpha value is -12.9. The molecule has 3 aromatic heterocycles. The maximum Gasteiger partial charge on any atom is 0.198 e. The summed E-state index contributed by atoms with van der Waals surface area (Å²) < 4.78 is 0. The van der Waals surface area contributed by atoms with E-state index in [0.29, 0.717) is 11.6 Å². The number of rotatable bonds is 5. The standard InChI is InChI=1S/2C29H24.C28H26.C14H16N2.C12H14N4/c1-17-7-11-25-23(13-17)24-14-18(2)8-12-26(24)29(25)27-15-19(3)5-9-21(27)22-10-6-20(4)16-28(22)29;1-17-5-9-21-22-10-6-18(2)14-26(22)29(25(21)13-17)27-15-19(3)7-11-23(27)24-12-8-20(4)16-28(24)29;1-19-5-9-23(10-6-19)26-16-27(24-11-7-20(2)8-12-24)18-28(17-26)25-14-21(3)13-22(4)15-25;1-9-5-10(2)7-13(6-9)14-8-11(3)15-12(4)16-14;1-7-5-8(2)14-11(13-7)12-15-9(3)6-10(4)16-12/h2*5-16H,1-4H3;5-18H,1-4H3;5-8H,1-4H3;5-6H,1-4H3. The number of benzene rings is 13. The van der Waals surface area contributed by atoms with Crippen molar-refractivity contribution < 1.29 is 0 Å². The lowest BCUT2D eigenvalue weighted by atomic mass is 9.70. The molecule has 0 fully saturated rings. The molecule has 0 aliphatic heterocycles. The summed E-state index contributed by atoms with van der Waals surface area (Å²) in [6.07, 6.45) is 0. The van der Waals surface area contributed by atoms with Gasteiger partial charge in [0.1, 0.15) is 5.82 Å². The summed E-state index contributed by atoms with van der Waals surface area (Å²) in [7, 11) is 0. The van der Waals surface area contributed by atoms with Gasteiger partial charge in [0.05, 0.1) is 16.5 Å². The third-order valence-corrected chi connectivity index (χ3v) is 23.7. The van der Waals surface area contributed by atoms with E-state index in [9.17, 15) is 0 Å². The Balaban J connectivity index is 0.000000113. The number of fused-ring (bicyclic) bond motifs is 20. The topological polar surface area (TPSA) is 77.3 Å². The van der Waals surface area contributed by atoms with Crippen molar-refractivity contribution in [3.05, 3.63) is 424 Å². The molecule has 0 atom stereocenters. The van der Waals surface area contributed by atoms with Crippen molar-refractivity contribution in [1.82, 2.24) is 29.9 Å². The third kappa shape index (κ3) is 15.1. The zero-order valence-corrected chi connectivity index (χ0v) is 72.1. The van der Waals surface area contributed by atoms with Crippen molar-refractivity contribution >= 4 is 0 Å². The molecule has 4 aliphatic rings. The Labute approximate surface area is 699 Å². The molecular weight excluding hydrogens is 1430 g/mol. The normalized spacial score (nSPS) is 12.5. The lowest BCUT2D eigenvalue weighted by molar-refractivity contribution is 0.789. The van der Waals surface area contributed by atoms with E-state index in [1.807, 2.05) is 59.7 Å². The van der Waals surface area contributed by atoms with E-state index in [1.165, 1.54) is 206 Å². The largest absolute Gasteiger partial charge is 0.239 e. The second kappa shape index (κ2) is 31.6. The van der Waals surface area contributed by atoms with Crippen LogP contribution >= 0.6 is 0 Å². The van der Waals surface area contributed by atoms with Gasteiger partial charge in [0.15, 0.2) is 11.6 Å².